The van der Waals surface area contributed by atoms with E-state index in [1.807, 2.05) is 47.6 Å². The van der Waals surface area contributed by atoms with Crippen molar-refractivity contribution in [3.05, 3.63) is 28.6 Å². The molecule has 16 heavy (non-hydrogen) atoms. The van der Waals surface area contributed by atoms with Crippen molar-refractivity contribution >= 4 is 6.21 Å². The Labute approximate surface area is 97.4 Å². The highest BCUT2D eigenvalue weighted by atomic mass is 16.5. The van der Waals surface area contributed by atoms with Gasteiger partial charge in [0.1, 0.15) is 0 Å². The van der Waals surface area contributed by atoms with Crippen LogP contribution in [0, 0.1) is 20.8 Å². The topological polar surface area (TPSA) is 36.1 Å². The van der Waals surface area contributed by atoms with E-state index in [1.165, 1.54) is 4.74 Å². The van der Waals surface area contributed by atoms with Gasteiger partial charge in [0.15, 0.2) is 0 Å². The van der Waals surface area contributed by atoms with E-state index in [0.717, 1.165) is 22.5 Å². The van der Waals surface area contributed by atoms with Crippen LogP contribution in [0.1, 0.15) is 43.3 Å². The molecule has 0 radical (unpaired) electrons. The molecule has 3 heteroatoms. The Kier molecular flexibility index (Phi) is 3.36. The van der Waals surface area contributed by atoms with Gasteiger partial charge in [0.05, 0.1) is 11.3 Å². The number of aryl methyl sites for hydroxylation is 3. The molecule has 0 saturated heterocycles. The minimum Gasteiger partial charge on any atom is -0.290 e. The average molecular weight is 221 g/mol. The molecule has 0 spiro atoms. The number of hydrogen-bond acceptors (Lipinski definition) is 2. The molecule has 1 rings (SSSR count). The van der Waals surface area contributed by atoms with Crippen molar-refractivity contribution in [1.29, 1.82) is 0 Å². The molecule has 0 aliphatic heterocycles. The fourth-order valence-corrected chi connectivity index (χ4v) is 1.54. The normalized spacial score (nSPS) is 13.0. The zero-order chi connectivity index (χ0) is 12.5. The Balaban J connectivity index is 3.26. The van der Waals surface area contributed by atoms with Gasteiger partial charge in [-0.2, -0.15) is 0 Å². The molecular weight excluding hydrogens is 200 g/mol. The highest BCUT2D eigenvalue weighted by Crippen LogP contribution is 2.12. The molecule has 0 aliphatic rings. The van der Waals surface area contributed by atoms with Gasteiger partial charge in [-0.05, 0) is 37.1 Å². The lowest BCUT2D eigenvalue weighted by molar-refractivity contribution is -0.816. The van der Waals surface area contributed by atoms with Gasteiger partial charge >= 0.3 is 0 Å². The summed E-state index contributed by atoms with van der Waals surface area (Å²) in [5.41, 5.74) is 3.77. The molecule has 0 aromatic carbocycles. The minimum absolute atomic E-state index is 0.302. The van der Waals surface area contributed by atoms with E-state index in [9.17, 15) is 5.21 Å². The molecule has 1 aromatic rings. The van der Waals surface area contributed by atoms with Gasteiger partial charge in [-0.15, -0.1) is 0 Å². The standard InChI is InChI=1S/C13H21N2O/c1-9-7-10(2)14-11(3)12(9)8-15(16)13(4,5)6/h7-8,16H,1-6H3/q+1. The average Bonchev–Trinajstić information content (AvgIpc) is 2.08. The number of rotatable bonds is 1. The number of hydroxylamine groups is 1. The first-order chi connectivity index (χ1) is 7.21. The highest BCUT2D eigenvalue weighted by molar-refractivity contribution is 5.79. The monoisotopic (exact) mass is 221 g/mol. The van der Waals surface area contributed by atoms with Crippen molar-refractivity contribution in [2.45, 2.75) is 47.1 Å². The largest absolute Gasteiger partial charge is 0.290 e. The lowest BCUT2D eigenvalue weighted by Gasteiger charge is -2.11. The first kappa shape index (κ1) is 12.7. The Bertz CT molecular complexity index is 405. The summed E-state index contributed by atoms with van der Waals surface area (Å²) in [5, 5.41) is 9.91. The molecular formula is C13H21N2O+. The van der Waals surface area contributed by atoms with Crippen LogP contribution in [-0.2, 0) is 0 Å². The number of pyridine rings is 1. The molecule has 0 aliphatic carbocycles. The molecule has 3 nitrogen and oxygen atoms in total. The van der Waals surface area contributed by atoms with Crippen molar-refractivity contribution in [3.63, 3.8) is 0 Å². The van der Waals surface area contributed by atoms with Gasteiger partial charge in [-0.25, -0.2) is 0 Å². The molecule has 0 saturated carbocycles. The van der Waals surface area contributed by atoms with Crippen LogP contribution in [-0.4, -0.2) is 26.7 Å². The summed E-state index contributed by atoms with van der Waals surface area (Å²) < 4.78 is 1.24. The lowest BCUT2D eigenvalue weighted by atomic mass is 10.1. The Hall–Kier alpha value is -1.38. The third-order valence-corrected chi connectivity index (χ3v) is 2.52. The van der Waals surface area contributed by atoms with Gasteiger partial charge in [0, 0.05) is 26.5 Å². The first-order valence-electron chi connectivity index (χ1n) is 5.50. The Morgan fingerprint density at radius 3 is 2.25 bits per heavy atom. The lowest BCUT2D eigenvalue weighted by Crippen LogP contribution is -2.31. The Morgan fingerprint density at radius 2 is 1.81 bits per heavy atom. The van der Waals surface area contributed by atoms with Crippen molar-refractivity contribution in [1.82, 2.24) is 4.98 Å². The van der Waals surface area contributed by atoms with E-state index >= 15 is 0 Å². The minimum atomic E-state index is -0.302. The van der Waals surface area contributed by atoms with Crippen LogP contribution in [0.5, 0.6) is 0 Å². The smallest absolute Gasteiger partial charge is 0.225 e. The van der Waals surface area contributed by atoms with E-state index in [1.54, 1.807) is 6.21 Å². The predicted octanol–water partition coefficient (Wildman–Crippen LogP) is 2.63. The van der Waals surface area contributed by atoms with Gasteiger partial charge in [-0.1, -0.05) is 0 Å². The fraction of sp³-hybridized carbons (Fsp3) is 0.538. The van der Waals surface area contributed by atoms with E-state index < -0.39 is 0 Å². The van der Waals surface area contributed by atoms with E-state index in [4.69, 9.17) is 0 Å². The first-order valence-corrected chi connectivity index (χ1v) is 5.50. The summed E-state index contributed by atoms with van der Waals surface area (Å²) in [6.45, 7) is 11.8. The summed E-state index contributed by atoms with van der Waals surface area (Å²) >= 11 is 0. The second-order valence-electron chi connectivity index (χ2n) is 5.22. The van der Waals surface area contributed by atoms with Crippen LogP contribution >= 0.6 is 0 Å². The zero-order valence-corrected chi connectivity index (χ0v) is 11.0. The number of nitrogens with zero attached hydrogens (tertiary/aromatic N) is 2. The molecule has 1 heterocycles. The summed E-state index contributed by atoms with van der Waals surface area (Å²) in [4.78, 5) is 4.40. The molecule has 88 valence electrons. The van der Waals surface area contributed by atoms with Crippen LogP contribution in [0.2, 0.25) is 0 Å². The summed E-state index contributed by atoms with van der Waals surface area (Å²) in [6.07, 6.45) is 1.75. The maximum Gasteiger partial charge on any atom is 0.225 e. The summed E-state index contributed by atoms with van der Waals surface area (Å²) in [7, 11) is 0. The second kappa shape index (κ2) is 4.24. The number of aromatic nitrogens is 1. The van der Waals surface area contributed by atoms with Gasteiger partial charge < -0.3 is 0 Å². The van der Waals surface area contributed by atoms with Gasteiger partial charge in [-0.3, -0.25) is 10.2 Å². The molecule has 0 fully saturated rings. The van der Waals surface area contributed by atoms with Crippen LogP contribution < -0.4 is 0 Å². The van der Waals surface area contributed by atoms with Crippen molar-refractivity contribution < 1.29 is 9.95 Å². The SMILES string of the molecule is Cc1cc(C)c(/C=[N+](\O)C(C)(C)C)c(C)n1. The second-order valence-corrected chi connectivity index (χ2v) is 5.22. The third-order valence-electron chi connectivity index (χ3n) is 2.52. The van der Waals surface area contributed by atoms with E-state index in [2.05, 4.69) is 4.98 Å². The molecule has 1 aromatic heterocycles. The number of hydrogen-bond donors (Lipinski definition) is 1. The van der Waals surface area contributed by atoms with E-state index in [-0.39, 0.29) is 5.54 Å². The molecule has 0 unspecified atom stereocenters. The summed E-state index contributed by atoms with van der Waals surface area (Å²) in [6, 6.07) is 2.02. The Morgan fingerprint density at radius 1 is 1.25 bits per heavy atom. The third kappa shape index (κ3) is 2.81. The van der Waals surface area contributed by atoms with Crippen molar-refractivity contribution in [2.24, 2.45) is 0 Å². The van der Waals surface area contributed by atoms with Crippen LogP contribution in [0.4, 0.5) is 0 Å². The predicted molar refractivity (Wildman–Crippen MR) is 65.4 cm³/mol. The quantitative estimate of drug-likeness (QED) is 0.342. The molecule has 0 bridgehead atoms. The van der Waals surface area contributed by atoms with Crippen LogP contribution in [0.15, 0.2) is 6.07 Å². The highest BCUT2D eigenvalue weighted by Gasteiger charge is 2.24. The van der Waals surface area contributed by atoms with Gasteiger partial charge in [0.2, 0.25) is 11.8 Å². The maximum atomic E-state index is 9.91. The summed E-state index contributed by atoms with van der Waals surface area (Å²) in [5.74, 6) is 0. The van der Waals surface area contributed by atoms with E-state index in [0.29, 0.717) is 0 Å². The fourth-order valence-electron chi connectivity index (χ4n) is 1.54. The molecule has 0 amide bonds. The van der Waals surface area contributed by atoms with Crippen LogP contribution in [0.3, 0.4) is 0 Å². The maximum absolute atomic E-state index is 9.91. The molecule has 1 N–H and O–H groups in total. The van der Waals surface area contributed by atoms with Gasteiger partial charge in [0.25, 0.3) is 0 Å². The van der Waals surface area contributed by atoms with Crippen molar-refractivity contribution in [2.75, 3.05) is 0 Å². The van der Waals surface area contributed by atoms with Crippen molar-refractivity contribution in [3.8, 4) is 0 Å². The zero-order valence-electron chi connectivity index (χ0n) is 11.0. The molecule has 0 atom stereocenters. The van der Waals surface area contributed by atoms with Crippen LogP contribution in [0.25, 0.3) is 0 Å².